The van der Waals surface area contributed by atoms with Crippen LogP contribution >= 0.6 is 15.9 Å². The van der Waals surface area contributed by atoms with Gasteiger partial charge in [-0.1, -0.05) is 19.3 Å². The topological polar surface area (TPSA) is 85.7 Å². The number of fused-ring (bicyclic) bond motifs is 1. The molecule has 7 heteroatoms. The maximum absolute atomic E-state index is 12.0. The Bertz CT molecular complexity index is 715. The Labute approximate surface area is 130 Å². The van der Waals surface area contributed by atoms with Gasteiger partial charge in [0.1, 0.15) is 5.92 Å². The van der Waals surface area contributed by atoms with Crippen LogP contribution in [0.4, 0.5) is 5.82 Å². The Morgan fingerprint density at radius 2 is 2.19 bits per heavy atom. The van der Waals surface area contributed by atoms with Crippen LogP contribution in [0.15, 0.2) is 16.7 Å². The first kappa shape index (κ1) is 14.0. The number of nitriles is 1. The van der Waals surface area contributed by atoms with E-state index in [1.165, 1.54) is 19.3 Å². The third-order valence-corrected chi connectivity index (χ3v) is 3.77. The summed E-state index contributed by atoms with van der Waals surface area (Å²) >= 11 is 3.34. The van der Waals surface area contributed by atoms with Crippen molar-refractivity contribution in [1.29, 1.82) is 5.26 Å². The first-order valence-corrected chi connectivity index (χ1v) is 7.70. The predicted octanol–water partition coefficient (Wildman–Crippen LogP) is 2.77. The number of rotatable bonds is 1. The molecule has 2 aliphatic rings. The van der Waals surface area contributed by atoms with E-state index in [0.29, 0.717) is 24.4 Å². The van der Waals surface area contributed by atoms with Gasteiger partial charge in [0.25, 0.3) is 0 Å². The molecular formula is C14H14BrN5O. The van der Waals surface area contributed by atoms with Crippen molar-refractivity contribution in [2.75, 3.05) is 11.4 Å². The number of aromatic amines is 1. The van der Waals surface area contributed by atoms with Gasteiger partial charge in [0, 0.05) is 17.2 Å². The van der Waals surface area contributed by atoms with Crippen LogP contribution in [-0.4, -0.2) is 27.6 Å². The molecule has 1 N–H and O–H groups in total. The standard InChI is InChI=1S/C11H8BrN5O.C3H6/c12-7-3-8-9(14-5-7)15-16-10(8)17-2-1-6(4-13)11(17)18;1-2-3-1/h3,5-6H,1-2H2,(H,14,15,16);1-3H2. The lowest BCUT2D eigenvalue weighted by atomic mass is 10.1. The summed E-state index contributed by atoms with van der Waals surface area (Å²) in [6.07, 6.45) is 6.71. The fourth-order valence-electron chi connectivity index (χ4n) is 2.08. The van der Waals surface area contributed by atoms with Gasteiger partial charge in [-0.25, -0.2) is 4.98 Å². The molecule has 1 atom stereocenters. The van der Waals surface area contributed by atoms with Gasteiger partial charge in [-0.2, -0.15) is 10.4 Å². The van der Waals surface area contributed by atoms with Gasteiger partial charge in [-0.05, 0) is 28.4 Å². The van der Waals surface area contributed by atoms with Crippen molar-refractivity contribution in [2.24, 2.45) is 5.92 Å². The normalized spacial score (nSPS) is 20.1. The van der Waals surface area contributed by atoms with Gasteiger partial charge < -0.3 is 0 Å². The third-order valence-electron chi connectivity index (χ3n) is 3.33. The Morgan fingerprint density at radius 3 is 2.81 bits per heavy atom. The number of carbonyl (C=O) groups is 1. The molecule has 4 rings (SSSR count). The monoisotopic (exact) mass is 347 g/mol. The quantitative estimate of drug-likeness (QED) is 0.859. The van der Waals surface area contributed by atoms with Gasteiger partial charge in [0.05, 0.1) is 11.5 Å². The molecule has 0 spiro atoms. The zero-order chi connectivity index (χ0) is 14.8. The summed E-state index contributed by atoms with van der Waals surface area (Å²) in [5.41, 5.74) is 0.626. The Morgan fingerprint density at radius 1 is 1.43 bits per heavy atom. The molecule has 0 radical (unpaired) electrons. The zero-order valence-electron chi connectivity index (χ0n) is 11.3. The number of halogens is 1. The minimum atomic E-state index is -0.558. The molecule has 2 aromatic heterocycles. The fourth-order valence-corrected chi connectivity index (χ4v) is 2.41. The molecule has 1 saturated carbocycles. The van der Waals surface area contributed by atoms with E-state index in [0.717, 1.165) is 9.86 Å². The average molecular weight is 348 g/mol. The first-order valence-electron chi connectivity index (χ1n) is 6.91. The predicted molar refractivity (Wildman–Crippen MR) is 81.5 cm³/mol. The number of amides is 1. The van der Waals surface area contributed by atoms with Crippen LogP contribution in [-0.2, 0) is 4.79 Å². The number of nitrogens with zero attached hydrogens (tertiary/aromatic N) is 4. The van der Waals surface area contributed by atoms with Gasteiger partial charge >= 0.3 is 0 Å². The summed E-state index contributed by atoms with van der Waals surface area (Å²) in [4.78, 5) is 17.7. The van der Waals surface area contributed by atoms with Crippen LogP contribution in [0.3, 0.4) is 0 Å². The highest BCUT2D eigenvalue weighted by atomic mass is 79.9. The summed E-state index contributed by atoms with van der Waals surface area (Å²) < 4.78 is 0.820. The van der Waals surface area contributed by atoms with Crippen molar-refractivity contribution in [2.45, 2.75) is 25.7 Å². The highest BCUT2D eigenvalue weighted by Gasteiger charge is 2.34. The summed E-state index contributed by atoms with van der Waals surface area (Å²) in [5.74, 6) is -0.204. The summed E-state index contributed by atoms with van der Waals surface area (Å²) in [5, 5.41) is 16.5. The molecule has 2 aromatic rings. The molecule has 1 unspecified atom stereocenters. The Hall–Kier alpha value is -1.94. The second-order valence-electron chi connectivity index (χ2n) is 5.12. The Kier molecular flexibility index (Phi) is 3.88. The van der Waals surface area contributed by atoms with Crippen molar-refractivity contribution < 1.29 is 4.79 Å². The van der Waals surface area contributed by atoms with Crippen LogP contribution in [0.2, 0.25) is 0 Å². The smallest absolute Gasteiger partial charge is 0.245 e. The minimum absolute atomic E-state index is 0.189. The lowest BCUT2D eigenvalue weighted by Crippen LogP contribution is -2.27. The highest BCUT2D eigenvalue weighted by Crippen LogP contribution is 2.30. The largest absolute Gasteiger partial charge is 0.294 e. The van der Waals surface area contributed by atoms with E-state index in [1.54, 1.807) is 11.1 Å². The van der Waals surface area contributed by atoms with E-state index >= 15 is 0 Å². The van der Waals surface area contributed by atoms with Gasteiger partial charge in [-0.15, -0.1) is 0 Å². The van der Waals surface area contributed by atoms with Crippen LogP contribution in [0.5, 0.6) is 0 Å². The number of aromatic nitrogens is 3. The van der Waals surface area contributed by atoms with Gasteiger partial charge in [0.15, 0.2) is 11.5 Å². The number of nitrogens with one attached hydrogen (secondary N) is 1. The van der Waals surface area contributed by atoms with E-state index in [2.05, 4.69) is 31.1 Å². The maximum atomic E-state index is 12.0. The fraction of sp³-hybridized carbons (Fsp3) is 0.429. The van der Waals surface area contributed by atoms with Crippen LogP contribution in [0.1, 0.15) is 25.7 Å². The van der Waals surface area contributed by atoms with E-state index in [-0.39, 0.29) is 5.91 Å². The summed E-state index contributed by atoms with van der Waals surface area (Å²) in [6.45, 7) is 0.517. The molecule has 3 heterocycles. The number of hydrogen-bond acceptors (Lipinski definition) is 4. The maximum Gasteiger partial charge on any atom is 0.245 e. The van der Waals surface area contributed by atoms with Crippen molar-refractivity contribution >= 4 is 38.7 Å². The van der Waals surface area contributed by atoms with Crippen molar-refractivity contribution in [3.8, 4) is 6.07 Å². The van der Waals surface area contributed by atoms with Crippen molar-refractivity contribution in [3.05, 3.63) is 16.7 Å². The summed E-state index contributed by atoms with van der Waals surface area (Å²) in [6, 6.07) is 3.87. The molecule has 0 aromatic carbocycles. The average Bonchev–Trinajstić information content (AvgIpc) is 3.25. The summed E-state index contributed by atoms with van der Waals surface area (Å²) in [7, 11) is 0. The minimum Gasteiger partial charge on any atom is -0.294 e. The molecule has 2 fully saturated rings. The molecular weight excluding hydrogens is 334 g/mol. The molecule has 6 nitrogen and oxygen atoms in total. The second-order valence-corrected chi connectivity index (χ2v) is 6.03. The number of carbonyl (C=O) groups excluding carboxylic acids is 1. The molecule has 1 saturated heterocycles. The lowest BCUT2D eigenvalue weighted by molar-refractivity contribution is -0.119. The van der Waals surface area contributed by atoms with Crippen LogP contribution in [0.25, 0.3) is 11.0 Å². The van der Waals surface area contributed by atoms with Crippen LogP contribution in [0, 0.1) is 17.2 Å². The van der Waals surface area contributed by atoms with Crippen molar-refractivity contribution in [1.82, 2.24) is 15.2 Å². The van der Waals surface area contributed by atoms with E-state index in [9.17, 15) is 4.79 Å². The molecule has 1 amide bonds. The zero-order valence-corrected chi connectivity index (χ0v) is 12.9. The number of anilines is 1. The van der Waals surface area contributed by atoms with Crippen molar-refractivity contribution in [3.63, 3.8) is 0 Å². The lowest BCUT2D eigenvalue weighted by Gasteiger charge is -2.12. The molecule has 0 bridgehead atoms. The van der Waals surface area contributed by atoms with E-state index in [1.807, 2.05) is 12.1 Å². The molecule has 21 heavy (non-hydrogen) atoms. The molecule has 108 valence electrons. The van der Waals surface area contributed by atoms with Gasteiger partial charge in [-0.3, -0.25) is 14.8 Å². The number of hydrogen-bond donors (Lipinski definition) is 1. The highest BCUT2D eigenvalue weighted by molar-refractivity contribution is 9.10. The number of pyridine rings is 1. The first-order chi connectivity index (χ1) is 10.2. The second kappa shape index (κ2) is 5.82. The molecule has 1 aliphatic carbocycles. The van der Waals surface area contributed by atoms with E-state index in [4.69, 9.17) is 5.26 Å². The third kappa shape index (κ3) is 2.90. The van der Waals surface area contributed by atoms with E-state index < -0.39 is 5.92 Å². The van der Waals surface area contributed by atoms with Gasteiger partial charge in [0.2, 0.25) is 5.91 Å². The van der Waals surface area contributed by atoms with Crippen LogP contribution < -0.4 is 4.90 Å². The number of H-pyrrole nitrogens is 1. The molecule has 1 aliphatic heterocycles. The SMILES string of the molecule is C1CC1.N#CC1CCN(c2n[nH]c3ncc(Br)cc23)C1=O. The Balaban J connectivity index is 0.000000393.